The maximum atomic E-state index is 13.8. The van der Waals surface area contributed by atoms with Crippen molar-refractivity contribution in [2.75, 3.05) is 22.4 Å². The van der Waals surface area contributed by atoms with Crippen molar-refractivity contribution in [1.82, 2.24) is 4.72 Å². The summed E-state index contributed by atoms with van der Waals surface area (Å²) in [5, 5.41) is 0. The van der Waals surface area contributed by atoms with Crippen molar-refractivity contribution < 1.29 is 21.6 Å². The minimum atomic E-state index is -3.74. The Bertz CT molecular complexity index is 1420. The van der Waals surface area contributed by atoms with E-state index in [0.29, 0.717) is 23.7 Å². The predicted molar refractivity (Wildman–Crippen MR) is 145 cm³/mol. The fourth-order valence-electron chi connectivity index (χ4n) is 6.34. The molecular weight excluding hydrogens is 510 g/mol. The number of carbonyl (C=O) groups is 1. The van der Waals surface area contributed by atoms with Gasteiger partial charge >= 0.3 is 0 Å². The normalized spacial score (nSPS) is 23.2. The molecule has 1 amide bonds. The summed E-state index contributed by atoms with van der Waals surface area (Å²) < 4.78 is 55.2. The van der Waals surface area contributed by atoms with E-state index in [1.54, 1.807) is 29.2 Å². The lowest BCUT2D eigenvalue weighted by atomic mass is 9.70. The first-order valence-electron chi connectivity index (χ1n) is 13.0. The van der Waals surface area contributed by atoms with Crippen LogP contribution in [0.15, 0.2) is 47.4 Å². The van der Waals surface area contributed by atoms with Gasteiger partial charge in [0, 0.05) is 34.9 Å². The smallest absolute Gasteiger partial charge is 0.258 e. The van der Waals surface area contributed by atoms with Gasteiger partial charge in [0.15, 0.2) is 0 Å². The zero-order chi connectivity index (χ0) is 26.4. The maximum absolute atomic E-state index is 13.8. The van der Waals surface area contributed by atoms with E-state index in [4.69, 9.17) is 0 Å². The molecule has 2 aliphatic carbocycles. The van der Waals surface area contributed by atoms with Crippen molar-refractivity contribution in [3.8, 4) is 0 Å². The molecule has 37 heavy (non-hydrogen) atoms. The highest BCUT2D eigenvalue weighted by Gasteiger charge is 2.45. The summed E-state index contributed by atoms with van der Waals surface area (Å²) in [6.45, 7) is 2.62. The molecule has 5 rings (SSSR count). The summed E-state index contributed by atoms with van der Waals surface area (Å²) >= 11 is 0. The molecule has 2 N–H and O–H groups in total. The second-order valence-corrected chi connectivity index (χ2v) is 14.6. The van der Waals surface area contributed by atoms with E-state index >= 15 is 0 Å². The van der Waals surface area contributed by atoms with E-state index in [2.05, 4.69) is 16.4 Å². The van der Waals surface area contributed by atoms with Gasteiger partial charge in [0.1, 0.15) is 0 Å². The van der Waals surface area contributed by atoms with Crippen molar-refractivity contribution in [2.45, 2.75) is 74.6 Å². The van der Waals surface area contributed by atoms with E-state index in [0.717, 1.165) is 68.9 Å². The summed E-state index contributed by atoms with van der Waals surface area (Å²) in [7, 11) is -7.18. The number of fused-ring (bicyclic) bond motifs is 2. The summed E-state index contributed by atoms with van der Waals surface area (Å²) in [5.41, 5.74) is 2.32. The lowest BCUT2D eigenvalue weighted by molar-refractivity contribution is 0.0982. The fourth-order valence-corrected chi connectivity index (χ4v) is 8.22. The molecule has 2 fully saturated rings. The van der Waals surface area contributed by atoms with Crippen molar-refractivity contribution in [3.05, 3.63) is 53.6 Å². The molecule has 200 valence electrons. The number of nitrogens with one attached hydrogen (secondary N) is 2. The second-order valence-electron chi connectivity index (χ2n) is 11.1. The van der Waals surface area contributed by atoms with Gasteiger partial charge in [-0.2, -0.15) is 0 Å². The number of amides is 1. The van der Waals surface area contributed by atoms with E-state index in [-0.39, 0.29) is 22.3 Å². The van der Waals surface area contributed by atoms with Gasteiger partial charge in [-0.25, -0.2) is 21.6 Å². The number of benzene rings is 2. The molecule has 2 saturated carbocycles. The van der Waals surface area contributed by atoms with E-state index in [1.807, 2.05) is 6.07 Å². The van der Waals surface area contributed by atoms with Crippen molar-refractivity contribution in [1.29, 1.82) is 0 Å². The van der Waals surface area contributed by atoms with Crippen LogP contribution < -0.4 is 14.3 Å². The van der Waals surface area contributed by atoms with Crippen LogP contribution in [-0.4, -0.2) is 41.6 Å². The summed E-state index contributed by atoms with van der Waals surface area (Å²) in [4.78, 5) is 15.6. The van der Waals surface area contributed by atoms with Gasteiger partial charge in [0.25, 0.3) is 5.91 Å². The Labute approximate surface area is 219 Å². The Balaban J connectivity index is 1.45. The maximum Gasteiger partial charge on any atom is 0.258 e. The number of sulfonamides is 2. The van der Waals surface area contributed by atoms with Crippen LogP contribution in [0.1, 0.15) is 74.2 Å². The van der Waals surface area contributed by atoms with Crippen LogP contribution in [0.25, 0.3) is 0 Å². The van der Waals surface area contributed by atoms with Gasteiger partial charge in [-0.3, -0.25) is 9.52 Å². The van der Waals surface area contributed by atoms with Gasteiger partial charge in [-0.05, 0) is 80.0 Å². The highest BCUT2D eigenvalue weighted by Crippen LogP contribution is 2.50. The Hall–Kier alpha value is -2.43. The van der Waals surface area contributed by atoms with E-state index in [9.17, 15) is 21.6 Å². The lowest BCUT2D eigenvalue weighted by Crippen LogP contribution is -2.38. The van der Waals surface area contributed by atoms with Crippen LogP contribution in [0.5, 0.6) is 0 Å². The third-order valence-electron chi connectivity index (χ3n) is 8.09. The average Bonchev–Trinajstić information content (AvgIpc) is 3.38. The quantitative estimate of drug-likeness (QED) is 0.559. The number of hydrogen-bond donors (Lipinski definition) is 2. The SMILES string of the molecule is CC1CCC(NS(=O)(=O)c2cccc(C(=O)N3CC4(CCCCC4)c4cc(NS(C)(=O)=O)ccc43)c2)C1. The van der Waals surface area contributed by atoms with Crippen LogP contribution >= 0.6 is 0 Å². The minimum Gasteiger partial charge on any atom is -0.307 e. The number of nitrogens with zero attached hydrogens (tertiary/aromatic N) is 1. The van der Waals surface area contributed by atoms with E-state index in [1.165, 1.54) is 12.1 Å². The molecule has 1 aliphatic heterocycles. The lowest BCUT2D eigenvalue weighted by Gasteiger charge is -2.34. The molecule has 0 aromatic heterocycles. The molecule has 2 aromatic rings. The molecule has 8 nitrogen and oxygen atoms in total. The third-order valence-corrected chi connectivity index (χ3v) is 10.2. The number of rotatable bonds is 6. The highest BCUT2D eigenvalue weighted by atomic mass is 32.2. The Morgan fingerprint density at radius 1 is 1.00 bits per heavy atom. The Kier molecular flexibility index (Phi) is 6.87. The molecule has 10 heteroatoms. The molecule has 3 aliphatic rings. The van der Waals surface area contributed by atoms with Gasteiger partial charge in [-0.15, -0.1) is 0 Å². The second kappa shape index (κ2) is 9.71. The Morgan fingerprint density at radius 3 is 2.43 bits per heavy atom. The van der Waals surface area contributed by atoms with Crippen LogP contribution in [0, 0.1) is 5.92 Å². The first-order valence-corrected chi connectivity index (χ1v) is 16.4. The molecule has 2 unspecified atom stereocenters. The van der Waals surface area contributed by atoms with Crippen LogP contribution in [0.3, 0.4) is 0 Å². The molecule has 1 spiro atoms. The molecule has 0 saturated heterocycles. The summed E-state index contributed by atoms with van der Waals surface area (Å²) in [6.07, 6.45) is 8.84. The predicted octanol–water partition coefficient (Wildman–Crippen LogP) is 4.39. The zero-order valence-corrected chi connectivity index (χ0v) is 23.0. The van der Waals surface area contributed by atoms with Gasteiger partial charge < -0.3 is 4.90 Å². The van der Waals surface area contributed by atoms with Crippen LogP contribution in [0.4, 0.5) is 11.4 Å². The van der Waals surface area contributed by atoms with Gasteiger partial charge in [0.2, 0.25) is 20.0 Å². The molecule has 0 radical (unpaired) electrons. The topological polar surface area (TPSA) is 113 Å². The molecule has 0 bridgehead atoms. The average molecular weight is 546 g/mol. The summed E-state index contributed by atoms with van der Waals surface area (Å²) in [6, 6.07) is 11.5. The number of hydrogen-bond acceptors (Lipinski definition) is 5. The highest BCUT2D eigenvalue weighted by molar-refractivity contribution is 7.92. The minimum absolute atomic E-state index is 0.0780. The first-order chi connectivity index (χ1) is 17.5. The van der Waals surface area contributed by atoms with Crippen molar-refractivity contribution in [2.24, 2.45) is 5.92 Å². The number of carbonyl (C=O) groups excluding carboxylic acids is 1. The molecular formula is C27H35N3O5S2. The van der Waals surface area contributed by atoms with Gasteiger partial charge in [0.05, 0.1) is 11.2 Å². The molecule has 2 atom stereocenters. The monoisotopic (exact) mass is 545 g/mol. The zero-order valence-electron chi connectivity index (χ0n) is 21.4. The summed E-state index contributed by atoms with van der Waals surface area (Å²) in [5.74, 6) is 0.246. The largest absolute Gasteiger partial charge is 0.307 e. The van der Waals surface area contributed by atoms with Gasteiger partial charge in [-0.1, -0.05) is 32.3 Å². The van der Waals surface area contributed by atoms with Crippen LogP contribution in [0.2, 0.25) is 0 Å². The first kappa shape index (κ1) is 26.2. The molecule has 2 aromatic carbocycles. The van der Waals surface area contributed by atoms with Crippen LogP contribution in [-0.2, 0) is 25.5 Å². The van der Waals surface area contributed by atoms with E-state index < -0.39 is 20.0 Å². The molecule has 1 heterocycles. The third kappa shape index (κ3) is 5.42. The standard InChI is InChI=1S/C27H35N3O5S2/c1-19-9-10-21(15-19)29-37(34,35)23-8-6-7-20(16-23)26(31)30-18-27(13-4-3-5-14-27)24-17-22(11-12-25(24)30)28-36(2,32)33/h6-8,11-12,16-17,19,21,28-29H,3-5,9-10,13-15,18H2,1-2H3. The Morgan fingerprint density at radius 2 is 1.76 bits per heavy atom. The fraction of sp³-hybridized carbons (Fsp3) is 0.519. The van der Waals surface area contributed by atoms with Crippen molar-refractivity contribution in [3.63, 3.8) is 0 Å². The van der Waals surface area contributed by atoms with Crippen molar-refractivity contribution >= 4 is 37.3 Å². The number of anilines is 2.